The van der Waals surface area contributed by atoms with Crippen LogP contribution >= 0.6 is 0 Å². The van der Waals surface area contributed by atoms with Crippen molar-refractivity contribution in [3.05, 3.63) is 0 Å². The van der Waals surface area contributed by atoms with Crippen LogP contribution < -0.4 is 0 Å². The molecule has 164 valence electrons. The Morgan fingerprint density at radius 3 is 2.00 bits per heavy atom. The Hall–Kier alpha value is -1.06. The molecule has 0 aliphatic heterocycles. The van der Waals surface area contributed by atoms with Gasteiger partial charge in [-0.3, -0.25) is 9.59 Å². The van der Waals surface area contributed by atoms with E-state index in [0.717, 1.165) is 38.0 Å². The Morgan fingerprint density at radius 2 is 1.43 bits per heavy atom. The van der Waals surface area contributed by atoms with Crippen LogP contribution in [0.25, 0.3) is 0 Å². The van der Waals surface area contributed by atoms with Crippen LogP contribution in [0.4, 0.5) is 0 Å². The predicted octanol–water partition coefficient (Wildman–Crippen LogP) is 6.61. The molecule has 1 aliphatic carbocycles. The van der Waals surface area contributed by atoms with E-state index in [1.807, 2.05) is 0 Å². The molecule has 0 aromatic heterocycles. The molecule has 28 heavy (non-hydrogen) atoms. The van der Waals surface area contributed by atoms with E-state index in [9.17, 15) is 14.7 Å². The molecular formula is C24H44O4. The van der Waals surface area contributed by atoms with Crippen LogP contribution in [0.1, 0.15) is 111 Å². The molecule has 0 bridgehead atoms. The fourth-order valence-corrected chi connectivity index (χ4v) is 4.27. The largest absolute Gasteiger partial charge is 0.481 e. The van der Waals surface area contributed by atoms with Crippen LogP contribution in [0, 0.1) is 23.7 Å². The monoisotopic (exact) mass is 396 g/mol. The second-order valence-corrected chi connectivity index (χ2v) is 9.68. The van der Waals surface area contributed by atoms with Crippen molar-refractivity contribution in [1.29, 1.82) is 0 Å². The summed E-state index contributed by atoms with van der Waals surface area (Å²) in [6, 6.07) is 0. The zero-order valence-corrected chi connectivity index (χ0v) is 18.8. The number of carboxylic acids is 1. The third kappa shape index (κ3) is 11.1. The summed E-state index contributed by atoms with van der Waals surface area (Å²) in [6.45, 7) is 8.89. The molecule has 0 spiro atoms. The molecule has 0 aromatic rings. The summed E-state index contributed by atoms with van der Waals surface area (Å²) in [4.78, 5) is 23.8. The van der Waals surface area contributed by atoms with Gasteiger partial charge in [-0.25, -0.2) is 0 Å². The molecule has 0 amide bonds. The Kier molecular flexibility index (Phi) is 12.5. The summed E-state index contributed by atoms with van der Waals surface area (Å²) in [6.07, 6.45) is 13.4. The van der Waals surface area contributed by atoms with E-state index in [1.54, 1.807) is 0 Å². The number of ether oxygens (including phenoxy) is 1. The molecule has 3 unspecified atom stereocenters. The first-order chi connectivity index (χ1) is 13.3. The quantitative estimate of drug-likeness (QED) is 0.265. The Morgan fingerprint density at radius 1 is 0.857 bits per heavy atom. The van der Waals surface area contributed by atoms with E-state index in [1.165, 1.54) is 38.5 Å². The molecule has 0 saturated heterocycles. The molecule has 1 saturated carbocycles. The highest BCUT2D eigenvalue weighted by atomic mass is 16.5. The molecule has 1 rings (SSSR count). The summed E-state index contributed by atoms with van der Waals surface area (Å²) in [7, 11) is 0. The van der Waals surface area contributed by atoms with E-state index in [0.29, 0.717) is 18.8 Å². The van der Waals surface area contributed by atoms with Gasteiger partial charge in [0.1, 0.15) is 6.10 Å². The van der Waals surface area contributed by atoms with Gasteiger partial charge in [0.25, 0.3) is 0 Å². The lowest BCUT2D eigenvalue weighted by Gasteiger charge is -2.28. The van der Waals surface area contributed by atoms with Crippen molar-refractivity contribution < 1.29 is 19.4 Å². The highest BCUT2D eigenvalue weighted by molar-refractivity contribution is 5.75. The third-order valence-electron chi connectivity index (χ3n) is 5.93. The smallest absolute Gasteiger partial charge is 0.309 e. The van der Waals surface area contributed by atoms with E-state index < -0.39 is 5.97 Å². The minimum absolute atomic E-state index is 0.0151. The number of carbonyl (C=O) groups is 2. The van der Waals surface area contributed by atoms with Gasteiger partial charge in [0.2, 0.25) is 0 Å². The second-order valence-electron chi connectivity index (χ2n) is 9.68. The summed E-state index contributed by atoms with van der Waals surface area (Å²) in [5.74, 6) is -0.251. The predicted molar refractivity (Wildman–Crippen MR) is 114 cm³/mol. The maximum absolute atomic E-state index is 12.6. The number of hydrogen-bond acceptors (Lipinski definition) is 3. The van der Waals surface area contributed by atoms with Crippen molar-refractivity contribution in [2.75, 3.05) is 0 Å². The molecule has 4 heteroatoms. The van der Waals surface area contributed by atoms with Gasteiger partial charge in [0, 0.05) is 0 Å². The summed E-state index contributed by atoms with van der Waals surface area (Å²) < 4.78 is 5.87. The molecule has 3 atom stereocenters. The molecule has 0 heterocycles. The number of esters is 1. The number of unbranched alkanes of at least 4 members (excludes halogenated alkanes) is 5. The van der Waals surface area contributed by atoms with Crippen LogP contribution in [0.2, 0.25) is 0 Å². The van der Waals surface area contributed by atoms with Crippen molar-refractivity contribution in [2.45, 2.75) is 117 Å². The lowest BCUT2D eigenvalue weighted by Crippen LogP contribution is -2.31. The first-order valence-corrected chi connectivity index (χ1v) is 11.7. The van der Waals surface area contributed by atoms with E-state index in [4.69, 9.17) is 4.74 Å². The number of carbonyl (C=O) groups excluding carboxylic acids is 1. The van der Waals surface area contributed by atoms with E-state index in [-0.39, 0.29) is 23.9 Å². The molecule has 1 N–H and O–H groups in total. The summed E-state index contributed by atoms with van der Waals surface area (Å²) in [5, 5.41) is 9.23. The van der Waals surface area contributed by atoms with Crippen LogP contribution in [0.5, 0.6) is 0 Å². The van der Waals surface area contributed by atoms with Gasteiger partial charge in [-0.15, -0.1) is 0 Å². The highest BCUT2D eigenvalue weighted by Gasteiger charge is 2.33. The van der Waals surface area contributed by atoms with Crippen molar-refractivity contribution in [3.63, 3.8) is 0 Å². The molecule has 1 aliphatic rings. The van der Waals surface area contributed by atoms with Gasteiger partial charge in [-0.1, -0.05) is 72.6 Å². The Labute approximate surface area is 172 Å². The molecule has 4 nitrogen and oxygen atoms in total. The van der Waals surface area contributed by atoms with Gasteiger partial charge in [0.05, 0.1) is 11.8 Å². The van der Waals surface area contributed by atoms with Crippen molar-refractivity contribution in [1.82, 2.24) is 0 Å². The van der Waals surface area contributed by atoms with Crippen LogP contribution in [-0.4, -0.2) is 23.1 Å². The minimum Gasteiger partial charge on any atom is -0.481 e. The number of hydrogen-bond donors (Lipinski definition) is 1. The lowest BCUT2D eigenvalue weighted by atomic mass is 9.81. The third-order valence-corrected chi connectivity index (χ3v) is 5.93. The van der Waals surface area contributed by atoms with Gasteiger partial charge < -0.3 is 9.84 Å². The lowest BCUT2D eigenvalue weighted by molar-refractivity contribution is -0.158. The highest BCUT2D eigenvalue weighted by Crippen LogP contribution is 2.31. The molecule has 1 fully saturated rings. The van der Waals surface area contributed by atoms with Crippen LogP contribution in [0.15, 0.2) is 0 Å². The normalized spacial score (nSPS) is 21.1. The maximum Gasteiger partial charge on any atom is 0.309 e. The standard InChI is InChI=1S/C24H44O4/c1-18(2)12-9-7-5-6-8-10-15-22(16-19(3)4)28-24(27)21-14-11-13-20(17-21)23(25)26/h18-22H,5-17H2,1-4H3,(H,25,26). The van der Waals surface area contributed by atoms with E-state index in [2.05, 4.69) is 27.7 Å². The summed E-state index contributed by atoms with van der Waals surface area (Å²) in [5.41, 5.74) is 0. The minimum atomic E-state index is -0.773. The van der Waals surface area contributed by atoms with Gasteiger partial charge in [0.15, 0.2) is 0 Å². The zero-order valence-electron chi connectivity index (χ0n) is 18.8. The van der Waals surface area contributed by atoms with E-state index >= 15 is 0 Å². The molecule has 0 aromatic carbocycles. The topological polar surface area (TPSA) is 63.6 Å². The van der Waals surface area contributed by atoms with Gasteiger partial charge in [-0.05, 0) is 50.4 Å². The Bertz CT molecular complexity index is 444. The zero-order chi connectivity index (χ0) is 20.9. The van der Waals surface area contributed by atoms with Gasteiger partial charge >= 0.3 is 11.9 Å². The fourth-order valence-electron chi connectivity index (χ4n) is 4.27. The van der Waals surface area contributed by atoms with Crippen molar-refractivity contribution in [3.8, 4) is 0 Å². The number of aliphatic carboxylic acids is 1. The average Bonchev–Trinajstić information content (AvgIpc) is 2.63. The first-order valence-electron chi connectivity index (χ1n) is 11.7. The molecule has 0 radical (unpaired) electrons. The number of carboxylic acid groups (broad SMARTS) is 1. The first kappa shape index (κ1) is 25.0. The van der Waals surface area contributed by atoms with Crippen LogP contribution in [-0.2, 0) is 14.3 Å². The van der Waals surface area contributed by atoms with Crippen molar-refractivity contribution >= 4 is 11.9 Å². The van der Waals surface area contributed by atoms with Crippen molar-refractivity contribution in [2.24, 2.45) is 23.7 Å². The maximum atomic E-state index is 12.6. The number of rotatable bonds is 14. The molecular weight excluding hydrogens is 352 g/mol. The Balaban J connectivity index is 2.31. The average molecular weight is 397 g/mol. The second kappa shape index (κ2) is 14.0. The summed E-state index contributed by atoms with van der Waals surface area (Å²) >= 11 is 0. The van der Waals surface area contributed by atoms with Crippen LogP contribution in [0.3, 0.4) is 0 Å². The fraction of sp³-hybridized carbons (Fsp3) is 0.917. The van der Waals surface area contributed by atoms with Gasteiger partial charge in [-0.2, -0.15) is 0 Å². The SMILES string of the molecule is CC(C)CCCCCCCCC(CC(C)C)OC(=O)C1CCCC(C(=O)O)C1.